The number of esters is 1. The molecule has 1 aromatic heterocycles. The molecule has 3 aromatic rings. The van der Waals surface area contributed by atoms with E-state index in [1.165, 1.54) is 0 Å². The second-order valence-electron chi connectivity index (χ2n) is 6.57. The summed E-state index contributed by atoms with van der Waals surface area (Å²) >= 11 is 5.87. The van der Waals surface area contributed by atoms with Gasteiger partial charge >= 0.3 is 5.97 Å². The van der Waals surface area contributed by atoms with Crippen LogP contribution < -0.4 is 4.74 Å². The molecule has 0 spiro atoms. The molecule has 0 unspecified atom stereocenters. The molecular formula is C21H19ClN2O5. The SMILES string of the molecule is O=C(OCc1nc(-c2ccc(Cl)cc2)no1)c1ccc(OC[C@H]2CCCO2)cc1. The summed E-state index contributed by atoms with van der Waals surface area (Å²) < 4.78 is 21.6. The molecule has 29 heavy (non-hydrogen) atoms. The molecule has 2 aromatic carbocycles. The van der Waals surface area contributed by atoms with Crippen molar-refractivity contribution in [3.8, 4) is 17.1 Å². The average molecular weight is 415 g/mol. The first-order valence-electron chi connectivity index (χ1n) is 9.27. The van der Waals surface area contributed by atoms with Crippen molar-refractivity contribution in [1.82, 2.24) is 10.1 Å². The molecule has 0 bridgehead atoms. The number of carbonyl (C=O) groups is 1. The minimum atomic E-state index is -0.484. The van der Waals surface area contributed by atoms with E-state index in [1.807, 2.05) is 0 Å². The molecule has 1 aliphatic rings. The van der Waals surface area contributed by atoms with Gasteiger partial charge in [-0.3, -0.25) is 0 Å². The van der Waals surface area contributed by atoms with Crippen molar-refractivity contribution in [1.29, 1.82) is 0 Å². The van der Waals surface area contributed by atoms with Crippen LogP contribution >= 0.6 is 11.6 Å². The van der Waals surface area contributed by atoms with Gasteiger partial charge in [-0.25, -0.2) is 4.79 Å². The van der Waals surface area contributed by atoms with Gasteiger partial charge in [0.2, 0.25) is 5.82 Å². The normalized spacial score (nSPS) is 16.0. The first kappa shape index (κ1) is 19.4. The lowest BCUT2D eigenvalue weighted by Crippen LogP contribution is -2.16. The lowest BCUT2D eigenvalue weighted by Gasteiger charge is -2.11. The highest BCUT2D eigenvalue weighted by Crippen LogP contribution is 2.20. The van der Waals surface area contributed by atoms with E-state index in [2.05, 4.69) is 10.1 Å². The summed E-state index contributed by atoms with van der Waals surface area (Å²) in [5, 5.41) is 4.50. The van der Waals surface area contributed by atoms with Gasteiger partial charge in [-0.05, 0) is 61.4 Å². The highest BCUT2D eigenvalue weighted by Gasteiger charge is 2.16. The van der Waals surface area contributed by atoms with E-state index in [9.17, 15) is 4.79 Å². The topological polar surface area (TPSA) is 83.7 Å². The summed E-state index contributed by atoms with van der Waals surface area (Å²) in [5.41, 5.74) is 1.17. The van der Waals surface area contributed by atoms with Crippen LogP contribution in [-0.2, 0) is 16.1 Å². The summed E-state index contributed by atoms with van der Waals surface area (Å²) in [7, 11) is 0. The van der Waals surface area contributed by atoms with Crippen LogP contribution in [0.25, 0.3) is 11.4 Å². The Morgan fingerprint density at radius 3 is 2.66 bits per heavy atom. The quantitative estimate of drug-likeness (QED) is 0.533. The second-order valence-corrected chi connectivity index (χ2v) is 7.00. The zero-order valence-corrected chi connectivity index (χ0v) is 16.3. The number of aromatic nitrogens is 2. The van der Waals surface area contributed by atoms with Gasteiger partial charge in [-0.2, -0.15) is 4.98 Å². The molecule has 1 fully saturated rings. The predicted molar refractivity (Wildman–Crippen MR) is 105 cm³/mol. The third-order valence-corrected chi connectivity index (χ3v) is 4.70. The lowest BCUT2D eigenvalue weighted by atomic mass is 10.2. The number of halogens is 1. The Hall–Kier alpha value is -2.90. The van der Waals surface area contributed by atoms with Crippen LogP contribution in [0.5, 0.6) is 5.75 Å². The maximum atomic E-state index is 12.2. The van der Waals surface area contributed by atoms with Gasteiger partial charge in [0, 0.05) is 17.2 Å². The Labute approximate surface area is 172 Å². The molecule has 0 aliphatic carbocycles. The van der Waals surface area contributed by atoms with Gasteiger partial charge in [0.25, 0.3) is 5.89 Å². The number of hydrogen-bond acceptors (Lipinski definition) is 7. The highest BCUT2D eigenvalue weighted by molar-refractivity contribution is 6.30. The minimum absolute atomic E-state index is 0.114. The molecule has 1 saturated heterocycles. The van der Waals surface area contributed by atoms with Crippen LogP contribution in [0.2, 0.25) is 5.02 Å². The van der Waals surface area contributed by atoms with Crippen molar-refractivity contribution >= 4 is 17.6 Å². The van der Waals surface area contributed by atoms with E-state index >= 15 is 0 Å². The molecule has 0 saturated carbocycles. The average Bonchev–Trinajstić information content (AvgIpc) is 3.44. The maximum Gasteiger partial charge on any atom is 0.338 e. The number of rotatable bonds is 7. The fourth-order valence-electron chi connectivity index (χ4n) is 2.89. The Morgan fingerprint density at radius 1 is 1.14 bits per heavy atom. The number of hydrogen-bond donors (Lipinski definition) is 0. The van der Waals surface area contributed by atoms with Crippen LogP contribution in [0.4, 0.5) is 0 Å². The van der Waals surface area contributed by atoms with Crippen LogP contribution in [0.1, 0.15) is 29.1 Å². The molecule has 0 amide bonds. The summed E-state index contributed by atoms with van der Waals surface area (Å²) in [6.45, 7) is 1.19. The van der Waals surface area contributed by atoms with Crippen LogP contribution in [0.15, 0.2) is 53.1 Å². The highest BCUT2D eigenvalue weighted by atomic mass is 35.5. The summed E-state index contributed by atoms with van der Waals surface area (Å²) in [5.74, 6) is 0.809. The smallest absolute Gasteiger partial charge is 0.338 e. The van der Waals surface area contributed by atoms with Crippen molar-refractivity contribution in [2.45, 2.75) is 25.6 Å². The van der Waals surface area contributed by atoms with Crippen LogP contribution in [0.3, 0.4) is 0 Å². The van der Waals surface area contributed by atoms with Crippen LogP contribution in [-0.4, -0.2) is 35.4 Å². The lowest BCUT2D eigenvalue weighted by molar-refractivity contribution is 0.0429. The van der Waals surface area contributed by atoms with Gasteiger partial charge in [-0.1, -0.05) is 16.8 Å². The summed E-state index contributed by atoms with van der Waals surface area (Å²) in [6, 6.07) is 13.8. The second kappa shape index (κ2) is 9.07. The van der Waals surface area contributed by atoms with E-state index in [0.29, 0.717) is 28.8 Å². The fourth-order valence-corrected chi connectivity index (χ4v) is 3.02. The van der Waals surface area contributed by atoms with Crippen molar-refractivity contribution in [3.05, 3.63) is 65.0 Å². The molecule has 4 rings (SSSR count). The number of benzene rings is 2. The zero-order chi connectivity index (χ0) is 20.1. The van der Waals surface area contributed by atoms with Crippen molar-refractivity contribution in [2.75, 3.05) is 13.2 Å². The molecule has 2 heterocycles. The molecular weight excluding hydrogens is 396 g/mol. The van der Waals surface area contributed by atoms with Crippen molar-refractivity contribution in [2.24, 2.45) is 0 Å². The third-order valence-electron chi connectivity index (χ3n) is 4.45. The Bertz CT molecular complexity index is 950. The van der Waals surface area contributed by atoms with Crippen molar-refractivity contribution < 1.29 is 23.5 Å². The van der Waals surface area contributed by atoms with E-state index < -0.39 is 5.97 Å². The molecule has 0 N–H and O–H groups in total. The number of carbonyl (C=O) groups excluding carboxylic acids is 1. The minimum Gasteiger partial charge on any atom is -0.491 e. The van der Waals surface area contributed by atoms with Gasteiger partial charge in [0.05, 0.1) is 11.7 Å². The van der Waals surface area contributed by atoms with Gasteiger partial charge < -0.3 is 18.7 Å². The van der Waals surface area contributed by atoms with Crippen LogP contribution in [0, 0.1) is 0 Å². The first-order chi connectivity index (χ1) is 14.2. The standard InChI is InChI=1S/C21H19ClN2O5/c22-16-7-3-14(4-8-16)20-23-19(29-24-20)13-28-21(25)15-5-9-17(10-6-15)27-12-18-2-1-11-26-18/h3-10,18H,1-2,11-13H2/t18-/m1/s1. The van der Waals surface area contributed by atoms with E-state index in [-0.39, 0.29) is 18.6 Å². The molecule has 0 radical (unpaired) electrons. The first-order valence-corrected chi connectivity index (χ1v) is 9.65. The number of nitrogens with zero attached hydrogens (tertiary/aromatic N) is 2. The predicted octanol–water partition coefficient (Wildman–Crippen LogP) is 4.30. The Kier molecular flexibility index (Phi) is 6.07. The molecule has 7 nitrogen and oxygen atoms in total. The van der Waals surface area contributed by atoms with E-state index in [1.54, 1.807) is 48.5 Å². The third kappa shape index (κ3) is 5.13. The van der Waals surface area contributed by atoms with Gasteiger partial charge in [0.15, 0.2) is 6.61 Å². The van der Waals surface area contributed by atoms with Gasteiger partial charge in [0.1, 0.15) is 12.4 Å². The number of ether oxygens (including phenoxy) is 3. The molecule has 1 atom stereocenters. The summed E-state index contributed by atoms with van der Waals surface area (Å²) in [6.07, 6.45) is 2.23. The van der Waals surface area contributed by atoms with E-state index in [0.717, 1.165) is 25.0 Å². The zero-order valence-electron chi connectivity index (χ0n) is 15.5. The monoisotopic (exact) mass is 414 g/mol. The fraction of sp³-hybridized carbons (Fsp3) is 0.286. The summed E-state index contributed by atoms with van der Waals surface area (Å²) in [4.78, 5) is 16.4. The van der Waals surface area contributed by atoms with Crippen molar-refractivity contribution in [3.63, 3.8) is 0 Å². The Balaban J connectivity index is 1.28. The largest absolute Gasteiger partial charge is 0.491 e. The molecule has 150 valence electrons. The van der Waals surface area contributed by atoms with Gasteiger partial charge in [-0.15, -0.1) is 0 Å². The van der Waals surface area contributed by atoms with E-state index in [4.69, 9.17) is 30.3 Å². The maximum absolute atomic E-state index is 12.2. The molecule has 8 heteroatoms. The Morgan fingerprint density at radius 2 is 1.93 bits per heavy atom. The molecule has 1 aliphatic heterocycles.